The Morgan fingerprint density at radius 3 is 3.06 bits per heavy atom. The zero-order valence-electron chi connectivity index (χ0n) is 8.18. The molecule has 2 heterocycles. The number of thioether (sulfide) groups is 1. The van der Waals surface area contributed by atoms with Crippen molar-refractivity contribution in [2.24, 2.45) is 5.84 Å². The van der Waals surface area contributed by atoms with Gasteiger partial charge in [-0.1, -0.05) is 11.8 Å². The normalized spacial score (nSPS) is 10.4. The van der Waals surface area contributed by atoms with Crippen LogP contribution < -0.4 is 11.3 Å². The molecular weight excluding hydrogens is 292 g/mol. The topological polar surface area (TPSA) is 77.0 Å². The summed E-state index contributed by atoms with van der Waals surface area (Å²) >= 11 is 4.93. The molecule has 2 aromatic heterocycles. The van der Waals surface area contributed by atoms with Crippen LogP contribution in [0.4, 0.5) is 5.82 Å². The van der Waals surface area contributed by atoms with Crippen molar-refractivity contribution >= 4 is 33.5 Å². The van der Waals surface area contributed by atoms with Crippen LogP contribution in [0.1, 0.15) is 5.76 Å². The van der Waals surface area contributed by atoms with E-state index in [1.54, 1.807) is 18.0 Å². The molecule has 7 heteroatoms. The Labute approximate surface area is 105 Å². The summed E-state index contributed by atoms with van der Waals surface area (Å²) in [6.07, 6.45) is 3.11. The highest BCUT2D eigenvalue weighted by Gasteiger charge is 2.08. The first kappa shape index (κ1) is 11.4. The van der Waals surface area contributed by atoms with E-state index >= 15 is 0 Å². The van der Waals surface area contributed by atoms with Gasteiger partial charge in [0.1, 0.15) is 17.1 Å². The molecule has 0 aliphatic carbocycles. The molecule has 0 aliphatic rings. The summed E-state index contributed by atoms with van der Waals surface area (Å²) in [6.45, 7) is 0. The molecule has 0 bridgehead atoms. The van der Waals surface area contributed by atoms with E-state index in [-0.39, 0.29) is 0 Å². The van der Waals surface area contributed by atoms with Crippen molar-refractivity contribution in [2.75, 3.05) is 5.43 Å². The van der Waals surface area contributed by atoms with E-state index in [2.05, 4.69) is 31.3 Å². The van der Waals surface area contributed by atoms with Crippen LogP contribution in [-0.4, -0.2) is 9.97 Å². The maximum atomic E-state index is 5.31. The second-order valence-corrected chi connectivity index (χ2v) is 4.61. The summed E-state index contributed by atoms with van der Waals surface area (Å²) in [7, 11) is 0. The molecule has 5 nitrogen and oxygen atoms in total. The van der Waals surface area contributed by atoms with E-state index in [4.69, 9.17) is 10.3 Å². The third-order valence-corrected chi connectivity index (χ3v) is 3.85. The van der Waals surface area contributed by atoms with Crippen LogP contribution in [-0.2, 0) is 5.75 Å². The van der Waals surface area contributed by atoms with Gasteiger partial charge < -0.3 is 9.84 Å². The zero-order chi connectivity index (χ0) is 11.4. The molecule has 0 saturated heterocycles. The summed E-state index contributed by atoms with van der Waals surface area (Å²) in [5.41, 5.74) is 2.49. The third kappa shape index (κ3) is 2.55. The molecule has 2 aromatic rings. The molecule has 0 radical (unpaired) electrons. The number of anilines is 1. The first-order valence-corrected chi connectivity index (χ1v) is 6.21. The summed E-state index contributed by atoms with van der Waals surface area (Å²) < 4.78 is 5.99. The van der Waals surface area contributed by atoms with Crippen molar-refractivity contribution < 1.29 is 4.42 Å². The Bertz CT molecular complexity index is 463. The number of hydrazine groups is 1. The maximum absolute atomic E-state index is 5.31. The zero-order valence-corrected chi connectivity index (χ0v) is 10.6. The monoisotopic (exact) mass is 300 g/mol. The van der Waals surface area contributed by atoms with E-state index in [0.717, 1.165) is 15.3 Å². The van der Waals surface area contributed by atoms with Crippen LogP contribution in [0.3, 0.4) is 0 Å². The average molecular weight is 301 g/mol. The highest BCUT2D eigenvalue weighted by atomic mass is 79.9. The highest BCUT2D eigenvalue weighted by molar-refractivity contribution is 9.10. The molecule has 0 atom stereocenters. The smallest absolute Gasteiger partial charge is 0.158 e. The van der Waals surface area contributed by atoms with Crippen molar-refractivity contribution in [1.29, 1.82) is 0 Å². The Balaban J connectivity index is 2.09. The number of furan rings is 1. The molecule has 0 aromatic carbocycles. The molecular formula is C9H9BrN4OS. The number of hydrogen-bond donors (Lipinski definition) is 2. The number of nitrogen functional groups attached to an aromatic ring is 1. The van der Waals surface area contributed by atoms with Crippen molar-refractivity contribution in [3.63, 3.8) is 0 Å². The van der Waals surface area contributed by atoms with Gasteiger partial charge in [-0.15, -0.1) is 0 Å². The summed E-state index contributed by atoms with van der Waals surface area (Å²) in [4.78, 5) is 8.13. The number of nitrogens with two attached hydrogens (primary N) is 1. The Morgan fingerprint density at radius 2 is 2.38 bits per heavy atom. The number of nitrogens with one attached hydrogen (secondary N) is 1. The molecule has 0 saturated carbocycles. The van der Waals surface area contributed by atoms with E-state index in [9.17, 15) is 0 Å². The summed E-state index contributed by atoms with van der Waals surface area (Å²) in [5.74, 6) is 7.49. The van der Waals surface area contributed by atoms with E-state index in [1.165, 1.54) is 6.33 Å². The number of rotatable bonds is 4. The van der Waals surface area contributed by atoms with Gasteiger partial charge in [-0.05, 0) is 28.1 Å². The Kier molecular flexibility index (Phi) is 3.81. The molecule has 0 fully saturated rings. The van der Waals surface area contributed by atoms with Gasteiger partial charge in [0.2, 0.25) is 0 Å². The van der Waals surface area contributed by atoms with Crippen molar-refractivity contribution in [3.8, 4) is 0 Å². The summed E-state index contributed by atoms with van der Waals surface area (Å²) in [5, 5.41) is 0.819. The van der Waals surface area contributed by atoms with Gasteiger partial charge in [-0.2, -0.15) is 0 Å². The minimum Gasteiger partial charge on any atom is -0.468 e. The van der Waals surface area contributed by atoms with Gasteiger partial charge in [-0.25, -0.2) is 15.8 Å². The van der Waals surface area contributed by atoms with E-state index < -0.39 is 0 Å². The van der Waals surface area contributed by atoms with Crippen molar-refractivity contribution in [2.45, 2.75) is 10.8 Å². The molecule has 16 heavy (non-hydrogen) atoms. The molecule has 0 spiro atoms. The average Bonchev–Trinajstić information content (AvgIpc) is 2.81. The highest BCUT2D eigenvalue weighted by Crippen LogP contribution is 2.31. The second-order valence-electron chi connectivity index (χ2n) is 2.85. The summed E-state index contributed by atoms with van der Waals surface area (Å²) in [6, 6.07) is 3.78. The Hall–Kier alpha value is -1.05. The predicted octanol–water partition coefficient (Wildman–Crippen LogP) is 2.41. The first-order valence-electron chi connectivity index (χ1n) is 4.43. The van der Waals surface area contributed by atoms with Crippen molar-refractivity contribution in [3.05, 3.63) is 35.0 Å². The number of halogens is 1. The number of nitrogens with zero attached hydrogens (tertiary/aromatic N) is 2. The SMILES string of the molecule is NNc1ncnc(SCc2ccco2)c1Br. The fourth-order valence-corrected chi connectivity index (χ4v) is 2.54. The first-order chi connectivity index (χ1) is 7.81. The lowest BCUT2D eigenvalue weighted by Gasteiger charge is -2.05. The van der Waals surface area contributed by atoms with Crippen LogP contribution in [0.5, 0.6) is 0 Å². The van der Waals surface area contributed by atoms with Gasteiger partial charge in [0.15, 0.2) is 5.82 Å². The van der Waals surface area contributed by atoms with Gasteiger partial charge in [0.25, 0.3) is 0 Å². The largest absolute Gasteiger partial charge is 0.468 e. The predicted molar refractivity (Wildman–Crippen MR) is 65.8 cm³/mol. The molecule has 0 amide bonds. The van der Waals surface area contributed by atoms with Crippen LogP contribution in [0.15, 0.2) is 38.6 Å². The lowest BCUT2D eigenvalue weighted by Crippen LogP contribution is -2.09. The van der Waals surface area contributed by atoms with E-state index in [1.807, 2.05) is 12.1 Å². The quantitative estimate of drug-likeness (QED) is 0.391. The van der Waals surface area contributed by atoms with Crippen LogP contribution in [0, 0.1) is 0 Å². The number of hydrogen-bond acceptors (Lipinski definition) is 6. The van der Waals surface area contributed by atoms with Crippen LogP contribution in [0.25, 0.3) is 0 Å². The van der Waals surface area contributed by atoms with Gasteiger partial charge in [0, 0.05) is 0 Å². The third-order valence-electron chi connectivity index (χ3n) is 1.83. The molecule has 3 N–H and O–H groups in total. The molecule has 0 unspecified atom stereocenters. The van der Waals surface area contributed by atoms with Gasteiger partial charge in [0.05, 0.1) is 16.5 Å². The maximum Gasteiger partial charge on any atom is 0.158 e. The minimum absolute atomic E-state index is 0.567. The standard InChI is InChI=1S/C9H9BrN4OS/c10-7-8(14-11)12-5-13-9(7)16-4-6-2-1-3-15-6/h1-3,5H,4,11H2,(H,12,13,14). The Morgan fingerprint density at radius 1 is 1.50 bits per heavy atom. The van der Waals surface area contributed by atoms with Crippen LogP contribution >= 0.6 is 27.7 Å². The lowest BCUT2D eigenvalue weighted by atomic mass is 10.5. The van der Waals surface area contributed by atoms with Gasteiger partial charge >= 0.3 is 0 Å². The lowest BCUT2D eigenvalue weighted by molar-refractivity contribution is 0.530. The number of aromatic nitrogens is 2. The molecule has 84 valence electrons. The minimum atomic E-state index is 0.567. The molecule has 2 rings (SSSR count). The second kappa shape index (κ2) is 5.33. The van der Waals surface area contributed by atoms with Gasteiger partial charge in [-0.3, -0.25) is 0 Å². The van der Waals surface area contributed by atoms with Crippen LogP contribution in [0.2, 0.25) is 0 Å². The fraction of sp³-hybridized carbons (Fsp3) is 0.111. The van der Waals surface area contributed by atoms with E-state index in [0.29, 0.717) is 11.6 Å². The molecule has 0 aliphatic heterocycles. The van der Waals surface area contributed by atoms with Crippen molar-refractivity contribution in [1.82, 2.24) is 9.97 Å². The fourth-order valence-electron chi connectivity index (χ4n) is 1.09.